The predicted octanol–water partition coefficient (Wildman–Crippen LogP) is 5.91. The molecule has 3 amide bonds. The molecule has 4 unspecified atom stereocenters. The molecule has 0 heterocycles. The number of sulfone groups is 2. The van der Waals surface area contributed by atoms with Gasteiger partial charge in [-0.3, -0.25) is 42.0 Å². The quantitative estimate of drug-likeness (QED) is 0.0196. The molecular formula is C54H63N3O19S4. The van der Waals surface area contributed by atoms with E-state index in [1.807, 2.05) is 0 Å². The van der Waals surface area contributed by atoms with Crippen molar-refractivity contribution in [2.75, 3.05) is 39.8 Å². The zero-order chi connectivity index (χ0) is 61.5. The molecule has 0 aliphatic heterocycles. The number of carboxylic acids is 4. The number of carbonyl (C=O) groups is 8. The summed E-state index contributed by atoms with van der Waals surface area (Å²) < 4.78 is 77.7. The van der Waals surface area contributed by atoms with Crippen molar-refractivity contribution in [3.05, 3.63) is 157 Å². The number of hydrogen-bond acceptors (Lipinski definition) is 15. The lowest BCUT2D eigenvalue weighted by atomic mass is 10.1. The van der Waals surface area contributed by atoms with Crippen LogP contribution in [0.2, 0.25) is 0 Å². The van der Waals surface area contributed by atoms with E-state index < -0.39 is 90.6 Å². The maximum atomic E-state index is 12.7. The Labute approximate surface area is 464 Å². The maximum absolute atomic E-state index is 12.7. The van der Waals surface area contributed by atoms with Gasteiger partial charge in [-0.25, -0.2) is 21.6 Å². The highest BCUT2D eigenvalue weighted by atomic mass is 32.2. The summed E-state index contributed by atoms with van der Waals surface area (Å²) in [6.45, 7) is 21.3. The molecule has 0 saturated heterocycles. The Hall–Kier alpha value is -8.46. The third kappa shape index (κ3) is 23.6. The predicted molar refractivity (Wildman–Crippen MR) is 307 cm³/mol. The van der Waals surface area contributed by atoms with Gasteiger partial charge in [0.25, 0.3) is 17.7 Å². The first-order valence-electron chi connectivity index (χ1n) is 23.0. The molecule has 0 aliphatic carbocycles. The van der Waals surface area contributed by atoms with Gasteiger partial charge in [0.2, 0.25) is 0 Å². The molecule has 4 rings (SSSR count). The van der Waals surface area contributed by atoms with Crippen LogP contribution in [-0.2, 0) is 81.8 Å². The van der Waals surface area contributed by atoms with Crippen LogP contribution in [0.15, 0.2) is 166 Å². The largest absolute Gasteiger partial charge is 0.481 e. The number of benzene rings is 4. The highest BCUT2D eigenvalue weighted by Gasteiger charge is 2.35. The van der Waals surface area contributed by atoms with E-state index in [0.717, 1.165) is 6.92 Å². The van der Waals surface area contributed by atoms with Crippen LogP contribution >= 0.6 is 0 Å². The first-order chi connectivity index (χ1) is 36.9. The molecule has 22 nitrogen and oxygen atoms in total. The lowest BCUT2D eigenvalue weighted by Crippen LogP contribution is -2.26. The Bertz CT molecular complexity index is 3450. The summed E-state index contributed by atoms with van der Waals surface area (Å²) >= 11 is 0. The summed E-state index contributed by atoms with van der Waals surface area (Å²) in [7, 11) is -13.5. The lowest BCUT2D eigenvalue weighted by Gasteiger charge is -2.14. The topological polar surface area (TPSA) is 365 Å². The molecule has 0 aliphatic rings. The molecule has 0 bridgehead atoms. The van der Waals surface area contributed by atoms with Gasteiger partial charge in [-0.1, -0.05) is 56.6 Å². The van der Waals surface area contributed by atoms with Crippen LogP contribution in [0.1, 0.15) is 51.9 Å². The van der Waals surface area contributed by atoms with Gasteiger partial charge >= 0.3 is 29.8 Å². The molecule has 4 atom stereocenters. The number of carboxylic acid groups (broad SMARTS) is 4. The first-order valence-corrected chi connectivity index (χ1v) is 30.0. The van der Waals surface area contributed by atoms with Crippen molar-refractivity contribution in [3.63, 3.8) is 0 Å². The van der Waals surface area contributed by atoms with Crippen molar-refractivity contribution in [1.29, 1.82) is 0 Å². The van der Waals surface area contributed by atoms with E-state index in [4.69, 9.17) is 20.1 Å². The maximum Gasteiger partial charge on any atom is 0.333 e. The second kappa shape index (κ2) is 31.2. The SMILES string of the molecule is C=C(C)C(=O)Nc1ccc(S(=C)(=O)CC(=O)O)cc1.C=C(C)C(=O)Nc1ccc(S(=O)(=O)C(C(=O)O)c2ccccc2)cc1.C=C(C)C(=O)Nc1ccc(S(=O)(=O)C(C)C(=O)O)cc1.C=C(C)C(=O)OCCCS(=C)(=O)CC(=O)O. The molecule has 0 spiro atoms. The molecule has 0 radical (unpaired) electrons. The van der Waals surface area contributed by atoms with Crippen LogP contribution in [0.25, 0.3) is 0 Å². The van der Waals surface area contributed by atoms with Crippen LogP contribution in [0.5, 0.6) is 0 Å². The van der Waals surface area contributed by atoms with E-state index in [1.54, 1.807) is 51.1 Å². The third-order valence-electron chi connectivity index (χ3n) is 10.0. The minimum absolute atomic E-state index is 0.0951. The van der Waals surface area contributed by atoms with Crippen LogP contribution in [0.3, 0.4) is 0 Å². The Morgan fingerprint density at radius 1 is 0.500 bits per heavy atom. The van der Waals surface area contributed by atoms with Crippen LogP contribution in [-0.4, -0.2) is 134 Å². The summed E-state index contributed by atoms with van der Waals surface area (Å²) in [5.74, 6) is -0.808. The smallest absolute Gasteiger partial charge is 0.333 e. The molecular weight excluding hydrogens is 1120 g/mol. The number of anilines is 3. The van der Waals surface area contributed by atoms with Crippen LogP contribution in [0, 0.1) is 0 Å². The molecule has 26 heteroatoms. The molecule has 0 saturated carbocycles. The molecule has 80 heavy (non-hydrogen) atoms. The van der Waals surface area contributed by atoms with E-state index in [1.165, 1.54) is 79.7 Å². The molecule has 0 aromatic heterocycles. The second-order valence-electron chi connectivity index (χ2n) is 17.3. The molecule has 4 aromatic rings. The summed E-state index contributed by atoms with van der Waals surface area (Å²) in [6.07, 6.45) is 0.328. The van der Waals surface area contributed by atoms with Gasteiger partial charge in [0, 0.05) is 59.5 Å². The molecule has 0 fully saturated rings. The summed E-state index contributed by atoms with van der Waals surface area (Å²) in [5, 5.41) is 39.7. The Morgan fingerprint density at radius 3 is 1.19 bits per heavy atom. The summed E-state index contributed by atoms with van der Waals surface area (Å²) in [4.78, 5) is 88.6. The van der Waals surface area contributed by atoms with Gasteiger partial charge in [0.1, 0.15) is 11.5 Å². The number of rotatable bonds is 23. The van der Waals surface area contributed by atoms with Gasteiger partial charge in [-0.15, -0.1) is 0 Å². The highest BCUT2D eigenvalue weighted by molar-refractivity contribution is 8.01. The number of aliphatic carboxylic acids is 4. The lowest BCUT2D eigenvalue weighted by molar-refractivity contribution is -0.139. The fourth-order valence-electron chi connectivity index (χ4n) is 5.70. The Balaban J connectivity index is 0.000000541. The third-order valence-corrected chi connectivity index (χ3v) is 17.8. The zero-order valence-electron chi connectivity index (χ0n) is 44.3. The van der Waals surface area contributed by atoms with Crippen molar-refractivity contribution in [3.8, 4) is 0 Å². The van der Waals surface area contributed by atoms with Gasteiger partial charge in [0.05, 0.1) is 16.4 Å². The van der Waals surface area contributed by atoms with Crippen LogP contribution in [0.4, 0.5) is 17.1 Å². The van der Waals surface area contributed by atoms with E-state index in [-0.39, 0.29) is 45.4 Å². The number of nitrogens with one attached hydrogen (secondary N) is 3. The molecule has 7 N–H and O–H groups in total. The van der Waals surface area contributed by atoms with E-state index in [9.17, 15) is 68.7 Å². The number of carbonyl (C=O) groups excluding carboxylic acids is 4. The fraction of sp³-hybridized carbons (Fsp3) is 0.222. The number of amides is 3. The van der Waals surface area contributed by atoms with Gasteiger partial charge in [-0.2, -0.15) is 0 Å². The van der Waals surface area contributed by atoms with E-state index in [0.29, 0.717) is 50.7 Å². The van der Waals surface area contributed by atoms with Gasteiger partial charge in [0.15, 0.2) is 30.2 Å². The normalized spacial score (nSPS) is 12.9. The standard InChI is InChI=1S/C18H17NO5S.C13H15NO5S.C13H15NO4S.C10H16O5S/c1-12(2)17(20)19-14-8-10-15(11-9-14)25(23,24)16(18(21)22)13-6-4-3-5-7-13;1-8(2)12(15)14-10-4-6-11(7-5-10)20(18,19)9(3)13(16)17;1-9(2)13(17)14-10-4-6-11(7-5-10)19(3,18)8-12(15)16;1-8(2)10(13)15-5-4-6-16(3,14)7-9(11)12/h3-11,16H,1H2,2H3,(H,19,20)(H,21,22);4-7,9H,1H2,2-3H3,(H,14,15)(H,16,17);4-7H,1,3,8H2,2H3,(H,14,17)(H,15,16);1,3-7H2,2H3,(H,11,12). The minimum atomic E-state index is -4.14. The number of ether oxygens (including phenoxy) is 1. The van der Waals surface area contributed by atoms with Crippen molar-refractivity contribution < 1.29 is 88.8 Å². The van der Waals surface area contributed by atoms with Crippen molar-refractivity contribution in [2.24, 2.45) is 0 Å². The first kappa shape index (κ1) is 69.6. The van der Waals surface area contributed by atoms with Crippen LogP contribution < -0.4 is 16.0 Å². The monoisotopic (exact) mass is 1190 g/mol. The van der Waals surface area contributed by atoms with Crippen molar-refractivity contribution in [2.45, 2.75) is 66.2 Å². The fourth-order valence-corrected chi connectivity index (χ4v) is 10.9. The molecule has 4 aromatic carbocycles. The average molecular weight is 1190 g/mol. The van der Waals surface area contributed by atoms with Gasteiger partial charge in [-0.05, 0) is 141 Å². The van der Waals surface area contributed by atoms with E-state index in [2.05, 4.69) is 54.0 Å². The Kier molecular flexibility index (Phi) is 27.1. The van der Waals surface area contributed by atoms with Crippen molar-refractivity contribution in [1.82, 2.24) is 0 Å². The Morgan fingerprint density at radius 2 is 0.863 bits per heavy atom. The second-order valence-corrected chi connectivity index (χ2v) is 26.6. The van der Waals surface area contributed by atoms with Gasteiger partial charge < -0.3 is 41.1 Å². The van der Waals surface area contributed by atoms with Crippen molar-refractivity contribution >= 4 is 115 Å². The minimum Gasteiger partial charge on any atom is -0.481 e. The van der Waals surface area contributed by atoms with E-state index >= 15 is 0 Å². The highest BCUT2D eigenvalue weighted by Crippen LogP contribution is 2.30. The summed E-state index contributed by atoms with van der Waals surface area (Å²) in [5.41, 5.74) is 2.78. The molecule has 432 valence electrons. The zero-order valence-corrected chi connectivity index (χ0v) is 47.6. The number of hydrogen-bond donors (Lipinski definition) is 7. The number of esters is 1. The average Bonchev–Trinajstić information content (AvgIpc) is 3.35. The summed E-state index contributed by atoms with van der Waals surface area (Å²) in [6, 6.07) is 24.4.